The van der Waals surface area contributed by atoms with Crippen molar-refractivity contribution in [1.82, 2.24) is 0 Å². The van der Waals surface area contributed by atoms with Gasteiger partial charge in [-0.3, -0.25) is 0 Å². The summed E-state index contributed by atoms with van der Waals surface area (Å²) in [6, 6.07) is 8.82. The van der Waals surface area contributed by atoms with E-state index in [9.17, 15) is 9.90 Å². The van der Waals surface area contributed by atoms with E-state index in [-0.39, 0.29) is 5.97 Å². The van der Waals surface area contributed by atoms with E-state index in [1.165, 1.54) is 0 Å². The SMILES string of the molecule is CC[C@H](OC(=O)c1ccccc1)[C@@H](O)CC. The van der Waals surface area contributed by atoms with Crippen LogP contribution in [0.15, 0.2) is 30.3 Å². The highest BCUT2D eigenvalue weighted by atomic mass is 16.6. The maximum absolute atomic E-state index is 11.7. The van der Waals surface area contributed by atoms with Gasteiger partial charge in [-0.25, -0.2) is 4.79 Å². The second kappa shape index (κ2) is 6.28. The van der Waals surface area contributed by atoms with Gasteiger partial charge in [0.1, 0.15) is 6.10 Å². The van der Waals surface area contributed by atoms with Gasteiger partial charge in [-0.05, 0) is 25.0 Å². The maximum Gasteiger partial charge on any atom is 0.338 e. The van der Waals surface area contributed by atoms with E-state index >= 15 is 0 Å². The summed E-state index contributed by atoms with van der Waals surface area (Å²) in [7, 11) is 0. The fraction of sp³-hybridized carbons (Fsp3) is 0.462. The Hall–Kier alpha value is -1.35. The molecular weight excluding hydrogens is 204 g/mol. The van der Waals surface area contributed by atoms with Crippen LogP contribution in [0.5, 0.6) is 0 Å². The molecule has 0 fully saturated rings. The van der Waals surface area contributed by atoms with Gasteiger partial charge < -0.3 is 9.84 Å². The number of rotatable bonds is 5. The normalized spacial score (nSPS) is 14.2. The second-order valence-electron chi connectivity index (χ2n) is 3.69. The van der Waals surface area contributed by atoms with Crippen molar-refractivity contribution in [2.75, 3.05) is 0 Å². The number of ether oxygens (including phenoxy) is 1. The van der Waals surface area contributed by atoms with Crippen LogP contribution in [0.4, 0.5) is 0 Å². The second-order valence-corrected chi connectivity index (χ2v) is 3.69. The average Bonchev–Trinajstić information content (AvgIpc) is 2.35. The molecule has 1 N–H and O–H groups in total. The molecule has 1 aromatic carbocycles. The summed E-state index contributed by atoms with van der Waals surface area (Å²) >= 11 is 0. The molecule has 0 aliphatic heterocycles. The number of carbonyl (C=O) groups excluding carboxylic acids is 1. The third kappa shape index (κ3) is 3.35. The minimum Gasteiger partial charge on any atom is -0.456 e. The molecule has 0 saturated heterocycles. The molecule has 0 bridgehead atoms. The number of hydrogen-bond donors (Lipinski definition) is 1. The molecule has 0 radical (unpaired) electrons. The van der Waals surface area contributed by atoms with E-state index in [2.05, 4.69) is 0 Å². The highest BCUT2D eigenvalue weighted by Gasteiger charge is 2.20. The molecule has 1 aromatic rings. The van der Waals surface area contributed by atoms with E-state index in [0.29, 0.717) is 18.4 Å². The average molecular weight is 222 g/mol. The Kier molecular flexibility index (Phi) is 4.99. The molecule has 2 atom stereocenters. The quantitative estimate of drug-likeness (QED) is 0.778. The summed E-state index contributed by atoms with van der Waals surface area (Å²) in [5, 5.41) is 9.64. The molecule has 0 amide bonds. The van der Waals surface area contributed by atoms with Crippen molar-refractivity contribution in [3.05, 3.63) is 35.9 Å². The Labute approximate surface area is 96.1 Å². The molecule has 0 aliphatic carbocycles. The van der Waals surface area contributed by atoms with Gasteiger partial charge in [0, 0.05) is 0 Å². The van der Waals surface area contributed by atoms with E-state index in [0.717, 1.165) is 0 Å². The van der Waals surface area contributed by atoms with Crippen LogP contribution >= 0.6 is 0 Å². The summed E-state index contributed by atoms with van der Waals surface area (Å²) in [4.78, 5) is 11.7. The van der Waals surface area contributed by atoms with Crippen molar-refractivity contribution in [2.45, 2.75) is 38.9 Å². The fourth-order valence-electron chi connectivity index (χ4n) is 1.48. The molecule has 1 rings (SSSR count). The molecule has 0 aliphatic rings. The van der Waals surface area contributed by atoms with E-state index < -0.39 is 12.2 Å². The number of carbonyl (C=O) groups is 1. The van der Waals surface area contributed by atoms with Crippen LogP contribution in [0, 0.1) is 0 Å². The van der Waals surface area contributed by atoms with Crippen molar-refractivity contribution in [3.63, 3.8) is 0 Å². The Bertz CT molecular complexity index is 321. The first-order valence-corrected chi connectivity index (χ1v) is 5.63. The third-order valence-corrected chi connectivity index (χ3v) is 2.52. The number of hydrogen-bond acceptors (Lipinski definition) is 3. The smallest absolute Gasteiger partial charge is 0.338 e. The number of benzene rings is 1. The molecule has 88 valence electrons. The Morgan fingerprint density at radius 3 is 2.38 bits per heavy atom. The highest BCUT2D eigenvalue weighted by molar-refractivity contribution is 5.89. The van der Waals surface area contributed by atoms with Gasteiger partial charge in [-0.15, -0.1) is 0 Å². The molecule has 3 nitrogen and oxygen atoms in total. The Morgan fingerprint density at radius 2 is 1.88 bits per heavy atom. The standard InChI is InChI=1S/C13H18O3/c1-3-11(14)12(4-2)16-13(15)10-8-6-5-7-9-10/h5-9,11-12,14H,3-4H2,1-2H3/t11-,12-/m0/s1. The predicted molar refractivity (Wildman–Crippen MR) is 62.2 cm³/mol. The van der Waals surface area contributed by atoms with Gasteiger partial charge >= 0.3 is 5.97 Å². The first-order chi connectivity index (χ1) is 7.69. The van der Waals surface area contributed by atoms with Gasteiger partial charge in [0.2, 0.25) is 0 Å². The maximum atomic E-state index is 11.7. The van der Waals surface area contributed by atoms with Crippen LogP contribution in [-0.2, 0) is 4.74 Å². The molecule has 3 heteroatoms. The van der Waals surface area contributed by atoms with Crippen molar-refractivity contribution < 1.29 is 14.6 Å². The van der Waals surface area contributed by atoms with Crippen molar-refractivity contribution in [2.24, 2.45) is 0 Å². The summed E-state index contributed by atoms with van der Waals surface area (Å²) in [6.45, 7) is 3.76. The van der Waals surface area contributed by atoms with Gasteiger partial charge in [0.25, 0.3) is 0 Å². The molecule has 0 heterocycles. The van der Waals surface area contributed by atoms with Gasteiger partial charge in [0.05, 0.1) is 11.7 Å². The zero-order valence-electron chi connectivity index (χ0n) is 9.72. The minimum absolute atomic E-state index is 0.375. The Morgan fingerprint density at radius 1 is 1.25 bits per heavy atom. The number of aliphatic hydroxyl groups is 1. The van der Waals surface area contributed by atoms with Crippen LogP contribution in [0.3, 0.4) is 0 Å². The lowest BCUT2D eigenvalue weighted by atomic mass is 10.1. The molecule has 0 aromatic heterocycles. The highest BCUT2D eigenvalue weighted by Crippen LogP contribution is 2.11. The number of aliphatic hydroxyl groups excluding tert-OH is 1. The van der Waals surface area contributed by atoms with E-state index in [1.54, 1.807) is 24.3 Å². The molecule has 0 spiro atoms. The zero-order chi connectivity index (χ0) is 12.0. The molecule has 0 saturated carbocycles. The summed E-state index contributed by atoms with van der Waals surface area (Å²) < 4.78 is 5.25. The summed E-state index contributed by atoms with van der Waals surface area (Å²) in [5.41, 5.74) is 0.518. The van der Waals surface area contributed by atoms with Crippen LogP contribution in [0.2, 0.25) is 0 Å². The van der Waals surface area contributed by atoms with Gasteiger partial charge in [-0.2, -0.15) is 0 Å². The lowest BCUT2D eigenvalue weighted by Gasteiger charge is -2.20. The lowest BCUT2D eigenvalue weighted by Crippen LogP contribution is -2.30. The van der Waals surface area contributed by atoms with Crippen molar-refractivity contribution in [1.29, 1.82) is 0 Å². The molecule has 0 unspecified atom stereocenters. The number of esters is 1. The predicted octanol–water partition coefficient (Wildman–Crippen LogP) is 2.39. The van der Waals surface area contributed by atoms with Gasteiger partial charge in [-0.1, -0.05) is 32.0 Å². The fourth-order valence-corrected chi connectivity index (χ4v) is 1.48. The largest absolute Gasteiger partial charge is 0.456 e. The first-order valence-electron chi connectivity index (χ1n) is 5.63. The van der Waals surface area contributed by atoms with Crippen LogP contribution < -0.4 is 0 Å². The molecule has 16 heavy (non-hydrogen) atoms. The molecular formula is C13H18O3. The first kappa shape index (κ1) is 12.7. The van der Waals surface area contributed by atoms with E-state index in [4.69, 9.17) is 4.74 Å². The minimum atomic E-state index is -0.585. The van der Waals surface area contributed by atoms with Crippen LogP contribution in [0.25, 0.3) is 0 Å². The van der Waals surface area contributed by atoms with Crippen LogP contribution in [0.1, 0.15) is 37.0 Å². The zero-order valence-corrected chi connectivity index (χ0v) is 9.72. The van der Waals surface area contributed by atoms with Crippen molar-refractivity contribution in [3.8, 4) is 0 Å². The summed E-state index contributed by atoms with van der Waals surface area (Å²) in [5.74, 6) is -0.375. The lowest BCUT2D eigenvalue weighted by molar-refractivity contribution is -0.0206. The van der Waals surface area contributed by atoms with Gasteiger partial charge in [0.15, 0.2) is 0 Å². The van der Waals surface area contributed by atoms with E-state index in [1.807, 2.05) is 19.9 Å². The monoisotopic (exact) mass is 222 g/mol. The topological polar surface area (TPSA) is 46.5 Å². The van der Waals surface area contributed by atoms with Crippen LogP contribution in [-0.4, -0.2) is 23.3 Å². The third-order valence-electron chi connectivity index (χ3n) is 2.52. The van der Waals surface area contributed by atoms with Crippen molar-refractivity contribution >= 4 is 5.97 Å². The summed E-state index contributed by atoms with van der Waals surface area (Å²) in [6.07, 6.45) is 0.198. The Balaban J connectivity index is 2.63.